The fraction of sp³-hybridized carbons (Fsp3) is 0.143. The van der Waals surface area contributed by atoms with E-state index in [9.17, 15) is 4.79 Å². The average molecular weight is 331 g/mol. The first-order valence-electron chi connectivity index (χ1n) is 8.24. The van der Waals surface area contributed by atoms with Crippen molar-refractivity contribution < 1.29 is 4.79 Å². The van der Waals surface area contributed by atoms with Crippen molar-refractivity contribution in [3.05, 3.63) is 89.1 Å². The molecule has 2 N–H and O–H groups in total. The largest absolute Gasteiger partial charge is 0.380 e. The number of aryl methyl sites for hydroxylation is 2. The van der Waals surface area contributed by atoms with E-state index < -0.39 is 0 Å². The van der Waals surface area contributed by atoms with Gasteiger partial charge in [0.1, 0.15) is 5.82 Å². The van der Waals surface area contributed by atoms with Crippen LogP contribution in [0.4, 0.5) is 11.5 Å². The highest BCUT2D eigenvalue weighted by molar-refractivity contribution is 6.03. The van der Waals surface area contributed by atoms with Gasteiger partial charge in [0.05, 0.1) is 11.9 Å². The van der Waals surface area contributed by atoms with Gasteiger partial charge in [0.25, 0.3) is 5.91 Å². The Bertz CT molecular complexity index is 858. The quantitative estimate of drug-likeness (QED) is 0.720. The molecule has 1 amide bonds. The van der Waals surface area contributed by atoms with Gasteiger partial charge >= 0.3 is 0 Å². The molecule has 0 aliphatic heterocycles. The van der Waals surface area contributed by atoms with Crippen LogP contribution < -0.4 is 10.6 Å². The normalized spacial score (nSPS) is 10.3. The third kappa shape index (κ3) is 4.44. The van der Waals surface area contributed by atoms with E-state index in [1.54, 1.807) is 12.3 Å². The number of carbonyl (C=O) groups is 1. The van der Waals surface area contributed by atoms with Crippen molar-refractivity contribution in [3.8, 4) is 0 Å². The zero-order valence-corrected chi connectivity index (χ0v) is 14.4. The van der Waals surface area contributed by atoms with Crippen molar-refractivity contribution in [1.29, 1.82) is 0 Å². The van der Waals surface area contributed by atoms with Gasteiger partial charge in [0.2, 0.25) is 0 Å². The first-order chi connectivity index (χ1) is 12.1. The van der Waals surface area contributed by atoms with Gasteiger partial charge in [-0.05, 0) is 54.8 Å². The summed E-state index contributed by atoms with van der Waals surface area (Å²) in [5.41, 5.74) is 5.02. The molecule has 126 valence electrons. The van der Waals surface area contributed by atoms with E-state index >= 15 is 0 Å². The predicted molar refractivity (Wildman–Crippen MR) is 102 cm³/mol. The summed E-state index contributed by atoms with van der Waals surface area (Å²) in [5.74, 6) is 0.383. The fourth-order valence-electron chi connectivity index (χ4n) is 2.44. The number of hydrogen-bond donors (Lipinski definition) is 2. The van der Waals surface area contributed by atoms with Crippen molar-refractivity contribution in [2.75, 3.05) is 10.6 Å². The van der Waals surface area contributed by atoms with Crippen molar-refractivity contribution in [3.63, 3.8) is 0 Å². The first-order valence-corrected chi connectivity index (χ1v) is 8.24. The summed E-state index contributed by atoms with van der Waals surface area (Å²) in [6, 6.07) is 19.5. The maximum absolute atomic E-state index is 12.3. The van der Waals surface area contributed by atoms with Crippen LogP contribution in [-0.2, 0) is 6.54 Å². The van der Waals surface area contributed by atoms with Crippen LogP contribution in [0.1, 0.15) is 27.0 Å². The van der Waals surface area contributed by atoms with Gasteiger partial charge < -0.3 is 10.6 Å². The molecule has 2 aromatic carbocycles. The average Bonchev–Trinajstić information content (AvgIpc) is 2.64. The molecule has 3 rings (SSSR count). The molecule has 1 aromatic heterocycles. The lowest BCUT2D eigenvalue weighted by Crippen LogP contribution is -2.13. The number of pyridine rings is 1. The number of hydrogen-bond acceptors (Lipinski definition) is 3. The van der Waals surface area contributed by atoms with Gasteiger partial charge in [-0.2, -0.15) is 0 Å². The first kappa shape index (κ1) is 16.7. The predicted octanol–water partition coefficient (Wildman–Crippen LogP) is 4.56. The van der Waals surface area contributed by atoms with Crippen molar-refractivity contribution >= 4 is 17.4 Å². The number of aromatic nitrogens is 1. The lowest BCUT2D eigenvalue weighted by Gasteiger charge is -2.09. The van der Waals surface area contributed by atoms with Crippen LogP contribution in [0.15, 0.2) is 66.9 Å². The Hall–Kier alpha value is -3.14. The van der Waals surface area contributed by atoms with Gasteiger partial charge in [-0.25, -0.2) is 4.98 Å². The Kier molecular flexibility index (Phi) is 5.09. The summed E-state index contributed by atoms with van der Waals surface area (Å²) < 4.78 is 0. The molecule has 0 bridgehead atoms. The van der Waals surface area contributed by atoms with Crippen LogP contribution >= 0.6 is 0 Å². The third-order valence-electron chi connectivity index (χ3n) is 4.11. The molecule has 0 radical (unpaired) electrons. The van der Waals surface area contributed by atoms with Crippen LogP contribution in [0.5, 0.6) is 0 Å². The highest BCUT2D eigenvalue weighted by Gasteiger charge is 2.08. The van der Waals surface area contributed by atoms with Gasteiger partial charge in [-0.15, -0.1) is 0 Å². The van der Waals surface area contributed by atoms with Gasteiger partial charge in [-0.3, -0.25) is 4.79 Å². The van der Waals surface area contributed by atoms with E-state index in [1.807, 2.05) is 56.3 Å². The van der Waals surface area contributed by atoms with Gasteiger partial charge in [0.15, 0.2) is 0 Å². The summed E-state index contributed by atoms with van der Waals surface area (Å²) in [5, 5.41) is 6.14. The lowest BCUT2D eigenvalue weighted by molar-refractivity contribution is 0.102. The van der Waals surface area contributed by atoms with E-state index in [4.69, 9.17) is 0 Å². The molecule has 1 heterocycles. The standard InChI is InChI=1S/C21H21N3O/c1-15-8-9-18(12-16(15)2)21(25)24-20-11-10-19(14-23-20)22-13-17-6-4-3-5-7-17/h3-12,14,22H,13H2,1-2H3,(H,23,24,25). The maximum Gasteiger partial charge on any atom is 0.256 e. The maximum atomic E-state index is 12.3. The zero-order valence-electron chi connectivity index (χ0n) is 14.4. The second-order valence-electron chi connectivity index (χ2n) is 6.02. The van der Waals surface area contributed by atoms with Crippen LogP contribution in [0.3, 0.4) is 0 Å². The molecule has 0 fully saturated rings. The summed E-state index contributed by atoms with van der Waals surface area (Å²) in [6.45, 7) is 4.76. The second-order valence-corrected chi connectivity index (χ2v) is 6.02. The second kappa shape index (κ2) is 7.62. The van der Waals surface area contributed by atoms with Crippen LogP contribution in [0.25, 0.3) is 0 Å². The van der Waals surface area contributed by atoms with E-state index in [2.05, 4.69) is 27.8 Å². The number of amides is 1. The molecule has 0 spiro atoms. The molecule has 0 saturated carbocycles. The van der Waals surface area contributed by atoms with E-state index in [0.29, 0.717) is 11.4 Å². The van der Waals surface area contributed by atoms with Crippen LogP contribution in [0, 0.1) is 13.8 Å². The molecule has 3 aromatic rings. The number of rotatable bonds is 5. The number of benzene rings is 2. The zero-order chi connectivity index (χ0) is 17.6. The van der Waals surface area contributed by atoms with E-state index in [1.165, 1.54) is 11.1 Å². The number of anilines is 2. The summed E-state index contributed by atoms with van der Waals surface area (Å²) in [6.07, 6.45) is 1.72. The Balaban J connectivity index is 1.60. The lowest BCUT2D eigenvalue weighted by atomic mass is 10.1. The summed E-state index contributed by atoms with van der Waals surface area (Å²) in [4.78, 5) is 16.6. The number of carbonyl (C=O) groups excluding carboxylic acids is 1. The van der Waals surface area contributed by atoms with Crippen LogP contribution in [0.2, 0.25) is 0 Å². The van der Waals surface area contributed by atoms with E-state index in [0.717, 1.165) is 17.8 Å². The topological polar surface area (TPSA) is 54.0 Å². The molecular weight excluding hydrogens is 310 g/mol. The van der Waals surface area contributed by atoms with Crippen molar-refractivity contribution in [2.45, 2.75) is 20.4 Å². The van der Waals surface area contributed by atoms with E-state index in [-0.39, 0.29) is 5.91 Å². The Morgan fingerprint density at radius 3 is 2.44 bits per heavy atom. The van der Waals surface area contributed by atoms with Crippen molar-refractivity contribution in [1.82, 2.24) is 4.98 Å². The Morgan fingerprint density at radius 2 is 1.76 bits per heavy atom. The highest BCUT2D eigenvalue weighted by Crippen LogP contribution is 2.14. The number of nitrogens with one attached hydrogen (secondary N) is 2. The fourth-order valence-corrected chi connectivity index (χ4v) is 2.44. The minimum atomic E-state index is -0.152. The molecule has 25 heavy (non-hydrogen) atoms. The monoisotopic (exact) mass is 331 g/mol. The molecule has 0 saturated heterocycles. The van der Waals surface area contributed by atoms with Crippen molar-refractivity contribution in [2.24, 2.45) is 0 Å². The third-order valence-corrected chi connectivity index (χ3v) is 4.11. The minimum Gasteiger partial charge on any atom is -0.380 e. The Morgan fingerprint density at radius 1 is 0.960 bits per heavy atom. The molecule has 4 heteroatoms. The Labute approximate surface area is 147 Å². The molecule has 0 aliphatic rings. The smallest absolute Gasteiger partial charge is 0.256 e. The molecule has 0 atom stereocenters. The minimum absolute atomic E-state index is 0.152. The highest BCUT2D eigenvalue weighted by atomic mass is 16.1. The molecule has 4 nitrogen and oxygen atoms in total. The molecular formula is C21H21N3O. The summed E-state index contributed by atoms with van der Waals surface area (Å²) >= 11 is 0. The SMILES string of the molecule is Cc1ccc(C(=O)Nc2ccc(NCc3ccccc3)cn2)cc1C. The van der Waals surface area contributed by atoms with Gasteiger partial charge in [0, 0.05) is 12.1 Å². The molecule has 0 unspecified atom stereocenters. The summed E-state index contributed by atoms with van der Waals surface area (Å²) in [7, 11) is 0. The molecule has 0 aliphatic carbocycles. The van der Waals surface area contributed by atoms with Gasteiger partial charge in [-0.1, -0.05) is 36.4 Å². The number of nitrogens with zero attached hydrogens (tertiary/aromatic N) is 1. The van der Waals surface area contributed by atoms with Crippen LogP contribution in [-0.4, -0.2) is 10.9 Å².